The molecule has 1 saturated carbocycles. The van der Waals surface area contributed by atoms with Gasteiger partial charge in [0, 0.05) is 43.5 Å². The van der Waals surface area contributed by atoms with Crippen LogP contribution >= 0.6 is 0 Å². The van der Waals surface area contributed by atoms with Gasteiger partial charge in [0.1, 0.15) is 6.33 Å². The maximum atomic E-state index is 13.1. The first-order chi connectivity index (χ1) is 12.0. The van der Waals surface area contributed by atoms with Gasteiger partial charge in [-0.05, 0) is 25.7 Å². The zero-order valence-corrected chi connectivity index (χ0v) is 15.2. The molecule has 0 spiro atoms. The van der Waals surface area contributed by atoms with Crippen LogP contribution in [0.5, 0.6) is 0 Å². The molecule has 1 saturated heterocycles. The van der Waals surface area contributed by atoms with E-state index in [4.69, 9.17) is 0 Å². The second-order valence-corrected chi connectivity index (χ2v) is 7.96. The summed E-state index contributed by atoms with van der Waals surface area (Å²) < 4.78 is 1.88. The maximum absolute atomic E-state index is 13.1. The monoisotopic (exact) mass is 342 g/mol. The van der Waals surface area contributed by atoms with E-state index < -0.39 is 0 Å². The molecule has 1 aliphatic heterocycles. The first-order valence-electron chi connectivity index (χ1n) is 9.19. The minimum Gasteiger partial charge on any atom is -0.347 e. The van der Waals surface area contributed by atoms with Crippen LogP contribution in [0.3, 0.4) is 0 Å². The molecule has 1 unspecified atom stereocenters. The highest BCUT2D eigenvalue weighted by molar-refractivity contribution is 5.83. The van der Waals surface area contributed by atoms with E-state index in [9.17, 15) is 4.79 Å². The molecular weight excluding hydrogens is 316 g/mol. The zero-order valence-electron chi connectivity index (χ0n) is 15.2. The zero-order chi connectivity index (χ0) is 17.6. The first-order valence-corrected chi connectivity index (χ1v) is 9.19. The van der Waals surface area contributed by atoms with Crippen molar-refractivity contribution in [3.63, 3.8) is 0 Å². The van der Waals surface area contributed by atoms with Gasteiger partial charge in [-0.15, -0.1) is 10.2 Å². The fourth-order valence-corrected chi connectivity index (χ4v) is 4.12. The Morgan fingerprint density at radius 3 is 2.76 bits per heavy atom. The Hall–Kier alpha value is -2.18. The van der Waals surface area contributed by atoms with Gasteiger partial charge < -0.3 is 9.80 Å². The molecule has 0 bridgehead atoms. The molecule has 2 aromatic heterocycles. The van der Waals surface area contributed by atoms with Gasteiger partial charge in [0.25, 0.3) is 0 Å². The molecule has 1 aliphatic carbocycles. The Bertz CT molecular complexity index is 781. The van der Waals surface area contributed by atoms with Gasteiger partial charge in [0.2, 0.25) is 11.6 Å². The average Bonchev–Trinajstić information content (AvgIpc) is 3.00. The van der Waals surface area contributed by atoms with E-state index in [2.05, 4.69) is 40.9 Å². The fraction of sp³-hybridized carbons (Fsp3) is 0.667. The third-order valence-corrected chi connectivity index (χ3v) is 6.06. The number of carbonyl (C=O) groups excluding carboxylic acids is 1. The molecule has 4 rings (SSSR count). The lowest BCUT2D eigenvalue weighted by Crippen LogP contribution is -2.57. The predicted octanol–water partition coefficient (Wildman–Crippen LogP) is 1.99. The van der Waals surface area contributed by atoms with Crippen LogP contribution in [0.15, 0.2) is 18.7 Å². The van der Waals surface area contributed by atoms with Gasteiger partial charge in [-0.3, -0.25) is 9.20 Å². The Morgan fingerprint density at radius 2 is 2.08 bits per heavy atom. The van der Waals surface area contributed by atoms with Gasteiger partial charge in [0.05, 0.1) is 0 Å². The van der Waals surface area contributed by atoms with Crippen molar-refractivity contribution < 1.29 is 4.79 Å². The maximum Gasteiger partial charge on any atom is 0.228 e. The van der Waals surface area contributed by atoms with Gasteiger partial charge in [-0.25, -0.2) is 4.98 Å². The molecule has 0 N–H and O–H groups in total. The third kappa shape index (κ3) is 2.65. The number of hydrogen-bond acceptors (Lipinski definition) is 5. The van der Waals surface area contributed by atoms with Crippen LogP contribution in [0.4, 0.5) is 5.82 Å². The van der Waals surface area contributed by atoms with Crippen molar-refractivity contribution in [2.75, 3.05) is 24.5 Å². The lowest BCUT2D eigenvalue weighted by molar-refractivity contribution is -0.146. The smallest absolute Gasteiger partial charge is 0.228 e. The average molecular weight is 342 g/mol. The van der Waals surface area contributed by atoms with Crippen molar-refractivity contribution in [1.82, 2.24) is 24.5 Å². The standard InChI is InChI=1S/C18H26N6O/c1-13-11-22(17(25)18(2,3)14-5-4-6-14)9-10-24(13)15-16-21-20-12-23(16)8-7-19-15/h7-8,12-14H,4-6,9-11H2,1-3H3. The van der Waals surface area contributed by atoms with Crippen molar-refractivity contribution in [2.45, 2.75) is 46.1 Å². The number of aromatic nitrogens is 4. The van der Waals surface area contributed by atoms with Crippen LogP contribution in [0, 0.1) is 11.3 Å². The van der Waals surface area contributed by atoms with E-state index in [0.29, 0.717) is 11.8 Å². The first kappa shape index (κ1) is 16.3. The van der Waals surface area contributed by atoms with Gasteiger partial charge >= 0.3 is 0 Å². The molecule has 0 aromatic carbocycles. The summed E-state index contributed by atoms with van der Waals surface area (Å²) in [6.07, 6.45) is 8.95. The molecule has 1 atom stereocenters. The van der Waals surface area contributed by atoms with Crippen molar-refractivity contribution >= 4 is 17.4 Å². The van der Waals surface area contributed by atoms with Gasteiger partial charge in [-0.2, -0.15) is 0 Å². The number of rotatable bonds is 3. The summed E-state index contributed by atoms with van der Waals surface area (Å²) in [6.45, 7) is 8.62. The molecule has 7 nitrogen and oxygen atoms in total. The van der Waals surface area contributed by atoms with Crippen LogP contribution in [0.1, 0.15) is 40.0 Å². The quantitative estimate of drug-likeness (QED) is 0.853. The number of hydrogen-bond donors (Lipinski definition) is 0. The molecule has 1 amide bonds. The minimum absolute atomic E-state index is 0.199. The Morgan fingerprint density at radius 1 is 1.28 bits per heavy atom. The van der Waals surface area contributed by atoms with E-state index >= 15 is 0 Å². The number of carbonyl (C=O) groups is 1. The Balaban J connectivity index is 1.51. The summed E-state index contributed by atoms with van der Waals surface area (Å²) >= 11 is 0. The number of piperazine rings is 1. The number of anilines is 1. The van der Waals surface area contributed by atoms with Crippen LogP contribution < -0.4 is 4.90 Å². The Labute approximate surface area is 148 Å². The molecule has 0 radical (unpaired) electrons. The molecule has 3 heterocycles. The van der Waals surface area contributed by atoms with E-state index in [1.165, 1.54) is 19.3 Å². The van der Waals surface area contributed by atoms with Crippen LogP contribution in [-0.2, 0) is 4.79 Å². The summed E-state index contributed by atoms with van der Waals surface area (Å²) in [5, 5.41) is 8.17. The SMILES string of the molecule is CC1CN(C(=O)C(C)(C)C2CCC2)CCN1c1nccn2cnnc12. The van der Waals surface area contributed by atoms with Gasteiger partial charge in [-0.1, -0.05) is 20.3 Å². The van der Waals surface area contributed by atoms with Crippen LogP contribution in [0.25, 0.3) is 5.65 Å². The lowest BCUT2D eigenvalue weighted by Gasteiger charge is -2.46. The van der Waals surface area contributed by atoms with E-state index in [1.54, 1.807) is 12.5 Å². The largest absolute Gasteiger partial charge is 0.347 e. The van der Waals surface area contributed by atoms with Crippen molar-refractivity contribution in [2.24, 2.45) is 11.3 Å². The van der Waals surface area contributed by atoms with Crippen LogP contribution in [0.2, 0.25) is 0 Å². The highest BCUT2D eigenvalue weighted by Gasteiger charge is 2.43. The molecule has 7 heteroatoms. The molecule has 2 aliphatic rings. The highest BCUT2D eigenvalue weighted by Crippen LogP contribution is 2.43. The van der Waals surface area contributed by atoms with E-state index in [-0.39, 0.29) is 11.5 Å². The molecule has 25 heavy (non-hydrogen) atoms. The Kier molecular flexibility index (Phi) is 3.89. The summed E-state index contributed by atoms with van der Waals surface area (Å²) in [4.78, 5) is 21.9. The topological polar surface area (TPSA) is 66.6 Å². The van der Waals surface area contributed by atoms with Gasteiger partial charge in [0.15, 0.2) is 5.82 Å². The van der Waals surface area contributed by atoms with Crippen molar-refractivity contribution in [3.05, 3.63) is 18.7 Å². The van der Waals surface area contributed by atoms with E-state index in [0.717, 1.165) is 31.1 Å². The van der Waals surface area contributed by atoms with E-state index in [1.807, 2.05) is 15.5 Å². The number of amides is 1. The third-order valence-electron chi connectivity index (χ3n) is 6.06. The molecule has 134 valence electrons. The molecule has 2 aromatic rings. The second-order valence-electron chi connectivity index (χ2n) is 7.96. The van der Waals surface area contributed by atoms with Crippen molar-refractivity contribution in [1.29, 1.82) is 0 Å². The normalized spacial score (nSPS) is 22.3. The summed E-state index contributed by atoms with van der Waals surface area (Å²) in [5.41, 5.74) is 0.523. The number of fused-ring (bicyclic) bond motifs is 1. The van der Waals surface area contributed by atoms with Crippen molar-refractivity contribution in [3.8, 4) is 0 Å². The molecular formula is C18H26N6O. The summed E-state index contributed by atoms with van der Waals surface area (Å²) in [6, 6.07) is 0.199. The lowest BCUT2D eigenvalue weighted by atomic mass is 9.66. The summed E-state index contributed by atoms with van der Waals surface area (Å²) in [7, 11) is 0. The summed E-state index contributed by atoms with van der Waals surface area (Å²) in [5.74, 6) is 1.69. The second kappa shape index (κ2) is 5.97. The predicted molar refractivity (Wildman–Crippen MR) is 95.3 cm³/mol. The highest BCUT2D eigenvalue weighted by atomic mass is 16.2. The number of nitrogens with zero attached hydrogens (tertiary/aromatic N) is 6. The minimum atomic E-state index is -0.245. The van der Waals surface area contributed by atoms with Crippen LogP contribution in [-0.4, -0.2) is 56.1 Å². The molecule has 2 fully saturated rings. The fourth-order valence-electron chi connectivity index (χ4n) is 4.12.